The highest BCUT2D eigenvalue weighted by Crippen LogP contribution is 2.21. The monoisotopic (exact) mass is 208 g/mol. The molecular formula is C10H9ClN2O. The van der Waals surface area contributed by atoms with Crippen molar-refractivity contribution in [3.05, 3.63) is 29.0 Å². The molecule has 0 aliphatic heterocycles. The van der Waals surface area contributed by atoms with Crippen LogP contribution in [0, 0.1) is 0 Å². The van der Waals surface area contributed by atoms with Gasteiger partial charge in [-0.3, -0.25) is 4.79 Å². The molecule has 0 fully saturated rings. The average molecular weight is 209 g/mol. The van der Waals surface area contributed by atoms with Gasteiger partial charge in [0, 0.05) is 24.2 Å². The van der Waals surface area contributed by atoms with E-state index in [4.69, 9.17) is 11.6 Å². The molecule has 72 valence electrons. The summed E-state index contributed by atoms with van der Waals surface area (Å²) >= 11 is 5.82. The van der Waals surface area contributed by atoms with E-state index in [-0.39, 0.29) is 5.78 Å². The Hall–Kier alpha value is -1.35. The largest absolute Gasteiger partial charge is 0.336 e. The molecule has 0 saturated heterocycles. The zero-order chi connectivity index (χ0) is 10.3. The fraction of sp³-hybridized carbons (Fsp3) is 0.200. The molecule has 0 unspecified atom stereocenters. The summed E-state index contributed by atoms with van der Waals surface area (Å²) < 4.78 is 1.84. The molecule has 2 aromatic heterocycles. The van der Waals surface area contributed by atoms with Crippen molar-refractivity contribution in [2.75, 3.05) is 0 Å². The third-order valence-electron chi connectivity index (χ3n) is 2.19. The Balaban J connectivity index is 2.88. The van der Waals surface area contributed by atoms with Crippen molar-refractivity contribution in [2.24, 2.45) is 7.05 Å². The number of aromatic nitrogens is 2. The highest BCUT2D eigenvalue weighted by atomic mass is 35.5. The quantitative estimate of drug-likeness (QED) is 0.533. The van der Waals surface area contributed by atoms with Crippen LogP contribution < -0.4 is 0 Å². The maximum Gasteiger partial charge on any atom is 0.160 e. The van der Waals surface area contributed by atoms with E-state index >= 15 is 0 Å². The number of ketones is 1. The number of Topliss-reactive ketones (excluding diaryl/α,β-unsaturated/α-hetero) is 1. The summed E-state index contributed by atoms with van der Waals surface area (Å²) in [5, 5.41) is 1.20. The molecule has 4 heteroatoms. The van der Waals surface area contributed by atoms with Crippen LogP contribution >= 0.6 is 11.6 Å². The van der Waals surface area contributed by atoms with Crippen LogP contribution in [-0.4, -0.2) is 15.3 Å². The lowest BCUT2D eigenvalue weighted by molar-refractivity contribution is 0.101. The molecule has 14 heavy (non-hydrogen) atoms. The molecule has 0 aliphatic rings. The Labute approximate surface area is 86.3 Å². The number of rotatable bonds is 1. The molecule has 0 amide bonds. The number of carbonyl (C=O) groups is 1. The summed E-state index contributed by atoms with van der Waals surface area (Å²) in [6.07, 6.45) is 1.86. The van der Waals surface area contributed by atoms with Gasteiger partial charge in [-0.15, -0.1) is 0 Å². The van der Waals surface area contributed by atoms with Crippen molar-refractivity contribution in [1.82, 2.24) is 9.55 Å². The SMILES string of the molecule is CC(=O)c1cc(Cl)nc2c1ccn2C. The molecule has 0 bridgehead atoms. The average Bonchev–Trinajstić information content (AvgIpc) is 2.47. The summed E-state index contributed by atoms with van der Waals surface area (Å²) in [6, 6.07) is 3.47. The first-order chi connectivity index (χ1) is 6.59. The number of hydrogen-bond donors (Lipinski definition) is 0. The van der Waals surface area contributed by atoms with E-state index in [1.807, 2.05) is 23.9 Å². The van der Waals surface area contributed by atoms with Crippen molar-refractivity contribution >= 4 is 28.4 Å². The van der Waals surface area contributed by atoms with Crippen LogP contribution in [0.4, 0.5) is 0 Å². The predicted octanol–water partition coefficient (Wildman–Crippen LogP) is 2.43. The van der Waals surface area contributed by atoms with E-state index in [2.05, 4.69) is 4.98 Å². The van der Waals surface area contributed by atoms with Gasteiger partial charge < -0.3 is 4.57 Å². The molecule has 0 N–H and O–H groups in total. The molecule has 3 nitrogen and oxygen atoms in total. The third-order valence-corrected chi connectivity index (χ3v) is 2.38. The predicted molar refractivity (Wildman–Crippen MR) is 55.7 cm³/mol. The molecule has 0 radical (unpaired) electrons. The van der Waals surface area contributed by atoms with Crippen molar-refractivity contribution in [1.29, 1.82) is 0 Å². The van der Waals surface area contributed by atoms with Crippen LogP contribution in [-0.2, 0) is 7.05 Å². The minimum atomic E-state index is 0.00509. The number of fused-ring (bicyclic) bond motifs is 1. The maximum absolute atomic E-state index is 11.3. The third kappa shape index (κ3) is 1.30. The van der Waals surface area contributed by atoms with Gasteiger partial charge in [0.25, 0.3) is 0 Å². The molecular weight excluding hydrogens is 200 g/mol. The van der Waals surface area contributed by atoms with Gasteiger partial charge >= 0.3 is 0 Å². The zero-order valence-electron chi connectivity index (χ0n) is 7.91. The lowest BCUT2D eigenvalue weighted by atomic mass is 10.1. The van der Waals surface area contributed by atoms with Crippen molar-refractivity contribution < 1.29 is 4.79 Å². The van der Waals surface area contributed by atoms with Gasteiger partial charge in [-0.05, 0) is 19.1 Å². The summed E-state index contributed by atoms with van der Waals surface area (Å²) in [5.74, 6) is 0.00509. The number of carbonyl (C=O) groups excluding carboxylic acids is 1. The summed E-state index contributed by atoms with van der Waals surface area (Å²) in [4.78, 5) is 15.5. The number of halogens is 1. The molecule has 0 aromatic carbocycles. The summed E-state index contributed by atoms with van der Waals surface area (Å²) in [6.45, 7) is 1.53. The number of pyridine rings is 1. The van der Waals surface area contributed by atoms with Crippen molar-refractivity contribution in [3.63, 3.8) is 0 Å². The van der Waals surface area contributed by atoms with E-state index in [1.165, 1.54) is 6.92 Å². The van der Waals surface area contributed by atoms with E-state index in [9.17, 15) is 4.79 Å². The Morgan fingerprint density at radius 1 is 1.57 bits per heavy atom. The van der Waals surface area contributed by atoms with Crippen LogP contribution in [0.15, 0.2) is 18.3 Å². The van der Waals surface area contributed by atoms with Gasteiger partial charge in [-0.2, -0.15) is 0 Å². The molecule has 0 aliphatic carbocycles. The Morgan fingerprint density at radius 3 is 2.93 bits per heavy atom. The Morgan fingerprint density at radius 2 is 2.29 bits per heavy atom. The second-order valence-electron chi connectivity index (χ2n) is 3.21. The van der Waals surface area contributed by atoms with E-state index in [1.54, 1.807) is 6.07 Å². The maximum atomic E-state index is 11.3. The highest BCUT2D eigenvalue weighted by molar-refractivity contribution is 6.30. The Kier molecular flexibility index (Phi) is 2.04. The zero-order valence-corrected chi connectivity index (χ0v) is 8.67. The standard InChI is InChI=1S/C10H9ClN2O/c1-6(14)8-5-9(11)12-10-7(8)3-4-13(10)2/h3-5H,1-2H3. The Bertz CT molecular complexity index is 516. The van der Waals surface area contributed by atoms with E-state index < -0.39 is 0 Å². The lowest BCUT2D eigenvalue weighted by Crippen LogP contribution is -1.96. The van der Waals surface area contributed by atoms with Gasteiger partial charge in [0.15, 0.2) is 5.78 Å². The molecule has 2 heterocycles. The van der Waals surface area contributed by atoms with Crippen molar-refractivity contribution in [3.8, 4) is 0 Å². The number of nitrogens with zero attached hydrogens (tertiary/aromatic N) is 2. The second kappa shape index (κ2) is 3.10. The molecule has 0 saturated carbocycles. The van der Waals surface area contributed by atoms with E-state index in [0.717, 1.165) is 11.0 Å². The summed E-state index contributed by atoms with van der Waals surface area (Å²) in [5.41, 5.74) is 1.36. The molecule has 2 rings (SSSR count). The minimum absolute atomic E-state index is 0.00509. The van der Waals surface area contributed by atoms with Gasteiger partial charge in [0.2, 0.25) is 0 Å². The van der Waals surface area contributed by atoms with Crippen LogP contribution in [0.5, 0.6) is 0 Å². The van der Waals surface area contributed by atoms with Crippen LogP contribution in [0.25, 0.3) is 11.0 Å². The molecule has 0 spiro atoms. The van der Waals surface area contributed by atoms with Gasteiger partial charge in [0.1, 0.15) is 10.8 Å². The van der Waals surface area contributed by atoms with Gasteiger partial charge in [0.05, 0.1) is 0 Å². The van der Waals surface area contributed by atoms with Gasteiger partial charge in [-0.25, -0.2) is 4.98 Å². The summed E-state index contributed by atoms with van der Waals surface area (Å²) in [7, 11) is 1.87. The molecule has 0 atom stereocenters. The molecule has 2 aromatic rings. The second-order valence-corrected chi connectivity index (χ2v) is 3.60. The number of aryl methyl sites for hydroxylation is 1. The van der Waals surface area contributed by atoms with Crippen LogP contribution in [0.1, 0.15) is 17.3 Å². The first-order valence-corrected chi connectivity index (χ1v) is 4.60. The topological polar surface area (TPSA) is 34.9 Å². The van der Waals surface area contributed by atoms with Crippen LogP contribution in [0.2, 0.25) is 5.15 Å². The first-order valence-electron chi connectivity index (χ1n) is 4.22. The lowest BCUT2D eigenvalue weighted by Gasteiger charge is -2.00. The van der Waals surface area contributed by atoms with Gasteiger partial charge in [-0.1, -0.05) is 11.6 Å². The normalized spacial score (nSPS) is 10.8. The smallest absolute Gasteiger partial charge is 0.160 e. The fourth-order valence-corrected chi connectivity index (χ4v) is 1.68. The van der Waals surface area contributed by atoms with Crippen LogP contribution in [0.3, 0.4) is 0 Å². The van der Waals surface area contributed by atoms with Crippen molar-refractivity contribution in [2.45, 2.75) is 6.92 Å². The fourth-order valence-electron chi connectivity index (χ4n) is 1.49. The highest BCUT2D eigenvalue weighted by Gasteiger charge is 2.10. The van der Waals surface area contributed by atoms with E-state index in [0.29, 0.717) is 10.7 Å². The number of hydrogen-bond acceptors (Lipinski definition) is 2. The minimum Gasteiger partial charge on any atom is -0.336 e. The first kappa shape index (κ1) is 9.21.